The van der Waals surface area contributed by atoms with Crippen LogP contribution in [-0.2, 0) is 9.84 Å². The first kappa shape index (κ1) is 20.6. The molecule has 8 heteroatoms. The molecule has 130 valence electrons. The summed E-state index contributed by atoms with van der Waals surface area (Å²) in [5.41, 5.74) is 0. The van der Waals surface area contributed by atoms with Crippen molar-refractivity contribution in [2.45, 2.75) is 29.5 Å². The van der Waals surface area contributed by atoms with Crippen molar-refractivity contribution >= 4 is 51.5 Å². The van der Waals surface area contributed by atoms with Gasteiger partial charge in [-0.05, 0) is 18.6 Å². The molecule has 2 atom stereocenters. The van der Waals surface area contributed by atoms with E-state index in [1.54, 1.807) is 18.8 Å². The van der Waals surface area contributed by atoms with E-state index in [1.165, 1.54) is 4.90 Å². The Balaban J connectivity index is 0.00000264. The third-order valence-corrected chi connectivity index (χ3v) is 6.32. The van der Waals surface area contributed by atoms with E-state index in [0.717, 1.165) is 6.54 Å². The number of thioether (sulfide) groups is 1. The van der Waals surface area contributed by atoms with Crippen molar-refractivity contribution in [2.24, 2.45) is 4.99 Å². The van der Waals surface area contributed by atoms with Crippen molar-refractivity contribution < 1.29 is 8.42 Å². The van der Waals surface area contributed by atoms with Crippen molar-refractivity contribution in [2.75, 3.05) is 25.1 Å². The summed E-state index contributed by atoms with van der Waals surface area (Å²) in [6.07, 6.45) is 0.650. The summed E-state index contributed by atoms with van der Waals surface area (Å²) < 4.78 is 23.0. The third kappa shape index (κ3) is 7.30. The van der Waals surface area contributed by atoms with Crippen LogP contribution < -0.4 is 10.6 Å². The molecule has 0 radical (unpaired) electrons. The van der Waals surface area contributed by atoms with Gasteiger partial charge in [-0.1, -0.05) is 25.1 Å². The molecule has 0 bridgehead atoms. The summed E-state index contributed by atoms with van der Waals surface area (Å²) in [6.45, 7) is 2.91. The van der Waals surface area contributed by atoms with Crippen molar-refractivity contribution in [3.8, 4) is 0 Å². The summed E-state index contributed by atoms with van der Waals surface area (Å²) >= 11 is 1.80. The van der Waals surface area contributed by atoms with Crippen LogP contribution in [0.2, 0.25) is 0 Å². The molecule has 1 fully saturated rings. The molecule has 1 aliphatic rings. The summed E-state index contributed by atoms with van der Waals surface area (Å²) in [4.78, 5) is 5.41. The second-order valence-corrected chi connectivity index (χ2v) is 9.18. The molecule has 2 unspecified atom stereocenters. The fraction of sp³-hybridized carbons (Fsp3) is 0.533. The van der Waals surface area contributed by atoms with Crippen LogP contribution in [0.4, 0.5) is 0 Å². The van der Waals surface area contributed by atoms with Crippen LogP contribution in [0.15, 0.2) is 40.2 Å². The fourth-order valence-corrected chi connectivity index (χ4v) is 4.93. The molecule has 2 N–H and O–H groups in total. The maximum atomic E-state index is 11.5. The van der Waals surface area contributed by atoms with Gasteiger partial charge >= 0.3 is 0 Å². The Morgan fingerprint density at radius 3 is 2.65 bits per heavy atom. The SMILES string of the molecule is CN=C(NCC(C)Sc1ccccc1)NC1CCS(=O)(=O)C1.I. The van der Waals surface area contributed by atoms with E-state index in [9.17, 15) is 8.42 Å². The molecule has 2 rings (SSSR count). The second kappa shape index (κ2) is 9.73. The third-order valence-electron chi connectivity index (χ3n) is 3.43. The van der Waals surface area contributed by atoms with E-state index in [-0.39, 0.29) is 41.5 Å². The van der Waals surface area contributed by atoms with Gasteiger partial charge in [0.1, 0.15) is 0 Å². The number of halogens is 1. The average Bonchev–Trinajstić information content (AvgIpc) is 2.83. The molecule has 0 spiro atoms. The highest BCUT2D eigenvalue weighted by molar-refractivity contribution is 14.0. The van der Waals surface area contributed by atoms with Gasteiger partial charge in [0.15, 0.2) is 15.8 Å². The second-order valence-electron chi connectivity index (χ2n) is 5.44. The summed E-state index contributed by atoms with van der Waals surface area (Å²) in [5, 5.41) is 6.84. The molecule has 1 aromatic rings. The van der Waals surface area contributed by atoms with Crippen LogP contribution in [0, 0.1) is 0 Å². The topological polar surface area (TPSA) is 70.6 Å². The highest BCUT2D eigenvalue weighted by Gasteiger charge is 2.28. The molecule has 0 saturated carbocycles. The van der Waals surface area contributed by atoms with Crippen LogP contribution in [0.25, 0.3) is 0 Å². The number of nitrogens with one attached hydrogen (secondary N) is 2. The Morgan fingerprint density at radius 1 is 1.39 bits per heavy atom. The number of hydrogen-bond acceptors (Lipinski definition) is 4. The zero-order valence-corrected chi connectivity index (χ0v) is 17.3. The molecule has 0 aliphatic carbocycles. The van der Waals surface area contributed by atoms with E-state index >= 15 is 0 Å². The number of benzene rings is 1. The molecule has 1 heterocycles. The molecular weight excluding hydrogens is 445 g/mol. The van der Waals surface area contributed by atoms with Crippen molar-refractivity contribution in [3.05, 3.63) is 30.3 Å². The van der Waals surface area contributed by atoms with Crippen molar-refractivity contribution in [3.63, 3.8) is 0 Å². The molecule has 0 aromatic heterocycles. The van der Waals surface area contributed by atoms with Crippen molar-refractivity contribution in [1.82, 2.24) is 10.6 Å². The smallest absolute Gasteiger partial charge is 0.191 e. The number of guanidine groups is 1. The van der Waals surface area contributed by atoms with Crippen LogP contribution in [0.5, 0.6) is 0 Å². The molecule has 5 nitrogen and oxygen atoms in total. The first-order chi connectivity index (χ1) is 10.5. The minimum Gasteiger partial charge on any atom is -0.355 e. The van der Waals surface area contributed by atoms with E-state index in [0.29, 0.717) is 17.6 Å². The predicted molar refractivity (Wildman–Crippen MR) is 109 cm³/mol. The minimum absolute atomic E-state index is 0. The number of hydrogen-bond donors (Lipinski definition) is 2. The van der Waals surface area contributed by atoms with Gasteiger partial charge in [-0.25, -0.2) is 8.42 Å². The van der Waals surface area contributed by atoms with E-state index in [4.69, 9.17) is 0 Å². The Kier molecular flexibility index (Phi) is 8.70. The highest BCUT2D eigenvalue weighted by Crippen LogP contribution is 2.21. The van der Waals surface area contributed by atoms with E-state index < -0.39 is 9.84 Å². The van der Waals surface area contributed by atoms with Crippen molar-refractivity contribution in [1.29, 1.82) is 0 Å². The summed E-state index contributed by atoms with van der Waals surface area (Å²) in [5.74, 6) is 1.13. The van der Waals surface area contributed by atoms with Gasteiger partial charge < -0.3 is 10.6 Å². The largest absolute Gasteiger partial charge is 0.355 e. The Labute approximate surface area is 160 Å². The average molecular weight is 469 g/mol. The van der Waals surface area contributed by atoms with Gasteiger partial charge in [-0.3, -0.25) is 4.99 Å². The van der Waals surface area contributed by atoms with Gasteiger partial charge in [0.25, 0.3) is 0 Å². The minimum atomic E-state index is -2.87. The maximum absolute atomic E-state index is 11.5. The Morgan fingerprint density at radius 2 is 2.09 bits per heavy atom. The van der Waals surface area contributed by atoms with E-state index in [2.05, 4.69) is 34.7 Å². The maximum Gasteiger partial charge on any atom is 0.191 e. The zero-order chi connectivity index (χ0) is 16.0. The first-order valence-electron chi connectivity index (χ1n) is 7.38. The summed E-state index contributed by atoms with van der Waals surface area (Å²) in [7, 11) is -1.17. The normalized spacial score (nSPS) is 21.3. The van der Waals surface area contributed by atoms with Crippen LogP contribution in [-0.4, -0.2) is 50.8 Å². The zero-order valence-electron chi connectivity index (χ0n) is 13.4. The van der Waals surface area contributed by atoms with E-state index in [1.807, 2.05) is 18.2 Å². The van der Waals surface area contributed by atoms with Gasteiger partial charge in [-0.15, -0.1) is 35.7 Å². The number of nitrogens with zero attached hydrogens (tertiary/aromatic N) is 1. The molecular formula is C15H24IN3O2S2. The summed E-state index contributed by atoms with van der Waals surface area (Å²) in [6, 6.07) is 10.2. The molecule has 0 amide bonds. The van der Waals surface area contributed by atoms with Gasteiger partial charge in [0.05, 0.1) is 11.5 Å². The molecule has 23 heavy (non-hydrogen) atoms. The lowest BCUT2D eigenvalue weighted by molar-refractivity contribution is 0.599. The van der Waals surface area contributed by atoms with Crippen LogP contribution >= 0.6 is 35.7 Å². The monoisotopic (exact) mass is 469 g/mol. The lowest BCUT2D eigenvalue weighted by atomic mass is 10.3. The van der Waals surface area contributed by atoms with Gasteiger partial charge in [0.2, 0.25) is 0 Å². The van der Waals surface area contributed by atoms with Crippen LogP contribution in [0.3, 0.4) is 0 Å². The highest BCUT2D eigenvalue weighted by atomic mass is 127. The standard InChI is InChI=1S/C15H23N3O2S2.HI/c1-12(21-14-6-4-3-5-7-14)10-17-15(16-2)18-13-8-9-22(19,20)11-13;/h3-7,12-13H,8-11H2,1-2H3,(H2,16,17,18);1H. The molecule has 1 saturated heterocycles. The Bertz CT molecular complexity index is 608. The lowest BCUT2D eigenvalue weighted by Gasteiger charge is -2.18. The van der Waals surface area contributed by atoms with Gasteiger partial charge in [-0.2, -0.15) is 0 Å². The molecule has 1 aromatic carbocycles. The molecule has 1 aliphatic heterocycles. The van der Waals surface area contributed by atoms with Gasteiger partial charge in [0, 0.05) is 29.8 Å². The number of aliphatic imine (C=N–C) groups is 1. The lowest BCUT2D eigenvalue weighted by Crippen LogP contribution is -2.45. The predicted octanol–water partition coefficient (Wildman–Crippen LogP) is 2.14. The number of rotatable bonds is 5. The first-order valence-corrected chi connectivity index (χ1v) is 10.1. The van der Waals surface area contributed by atoms with Crippen LogP contribution in [0.1, 0.15) is 13.3 Å². The Hall–Kier alpha value is -0.480. The number of sulfone groups is 1. The fourth-order valence-electron chi connectivity index (χ4n) is 2.31. The quantitative estimate of drug-likeness (QED) is 0.299.